The Morgan fingerprint density at radius 3 is 0.476 bits per heavy atom. The van der Waals surface area contributed by atoms with Crippen LogP contribution >= 0.6 is 0 Å². The molecule has 0 aromatic carbocycles. The summed E-state index contributed by atoms with van der Waals surface area (Å²) in [5, 5.41) is 26.8. The van der Waals surface area contributed by atoms with Crippen LogP contribution in [0, 0.1) is 0 Å². The Balaban J connectivity index is -0.00000000648. The minimum Gasteiger partial charge on any atom is -0.894 e. The molecule has 21 heavy (non-hydrogen) atoms. The lowest BCUT2D eigenvalue weighted by Gasteiger charge is -2.67. The summed E-state index contributed by atoms with van der Waals surface area (Å²) in [7, 11) is -5.61. The Morgan fingerprint density at radius 2 is 0.476 bits per heavy atom. The molecule has 0 aliphatic carbocycles. The van der Waals surface area contributed by atoms with Gasteiger partial charge in [0, 0.05) is 0 Å². The molecule has 0 amide bonds. The summed E-state index contributed by atoms with van der Waals surface area (Å²) >= 11 is 0. The highest BCUT2D eigenvalue weighted by Crippen LogP contribution is 1.26. The highest BCUT2D eigenvalue weighted by atomic mass is 28.4. The van der Waals surface area contributed by atoms with E-state index in [9.17, 15) is 0 Å². The van der Waals surface area contributed by atoms with Gasteiger partial charge in [-0.25, -0.2) is 0 Å². The average Bonchev–Trinajstić information content (AvgIpc) is 1.86. The van der Waals surface area contributed by atoms with Crippen molar-refractivity contribution in [3.63, 3.8) is 0 Å². The summed E-state index contributed by atoms with van der Waals surface area (Å²) in [6, 6.07) is 0. The first-order valence-electron chi connectivity index (χ1n) is 3.80. The Bertz CT molecular complexity index is 74.2. The molecule has 28 N–H and O–H groups in total. The molecule has 0 radical (unpaired) electrons. The summed E-state index contributed by atoms with van der Waals surface area (Å²) in [5.74, 6) is 0. The molecule has 0 rings (SSSR count). The first-order chi connectivity index (χ1) is 6.24. The second kappa shape index (κ2) is 91.3. The zero-order valence-corrected chi connectivity index (χ0v) is 16.5. The summed E-state index contributed by atoms with van der Waals surface area (Å²) < 4.78 is 0. The van der Waals surface area contributed by atoms with Gasteiger partial charge in [-0.1, -0.05) is 20.8 Å². The Kier molecular flexibility index (Phi) is 372. The summed E-state index contributed by atoms with van der Waals surface area (Å²) in [6.45, 7) is 4.71. The van der Waals surface area contributed by atoms with Crippen LogP contribution in [0.1, 0.15) is 20.8 Å². The quantitative estimate of drug-likeness (QED) is 0.209. The van der Waals surface area contributed by atoms with E-state index in [1.165, 1.54) is 0 Å². The lowest BCUT2D eigenvalue weighted by Crippen LogP contribution is -2.82. The Labute approximate surface area is 128 Å². The maximum atomic E-state index is 8.93. The van der Waals surface area contributed by atoms with E-state index in [1.54, 1.807) is 20.8 Å². The number of rotatable bonds is 0. The minimum atomic E-state index is -5.61. The fourth-order valence-electron chi connectivity index (χ4n) is 0. The summed E-state index contributed by atoms with van der Waals surface area (Å²) in [6.07, 6.45) is 0. The standard InChI is InChI=1S/3C2H5O.7H3N.O4Si/c3*1-2-3;;;;;;;;1-5(2,3)4/h3*2H2,1H3;7*1H3;/q3*-1;;;;;;;;-4/p+7. The van der Waals surface area contributed by atoms with Gasteiger partial charge in [0.2, 0.25) is 0 Å². The van der Waals surface area contributed by atoms with Gasteiger partial charge in [-0.3, -0.25) is 0 Å². The van der Waals surface area contributed by atoms with Crippen molar-refractivity contribution < 1.29 is 34.5 Å². The predicted octanol–water partition coefficient (Wildman–Crippen LogP) is -4.40. The highest BCUT2D eigenvalue weighted by molar-refractivity contribution is 6.38. The van der Waals surface area contributed by atoms with Crippen molar-refractivity contribution in [2.75, 3.05) is 19.8 Å². The van der Waals surface area contributed by atoms with E-state index in [0.29, 0.717) is 0 Å². The van der Waals surface area contributed by atoms with Gasteiger partial charge < -0.3 is 86.6 Å². The van der Waals surface area contributed by atoms with Crippen LogP contribution in [0.15, 0.2) is 0 Å². The average molecular weight is 354 g/mol. The molecule has 0 aliphatic heterocycles. The Hall–Kier alpha value is -0.343. The SMILES string of the molecule is CC[O-].CC[O-].CC[O-].[NH4+].[NH4+].[NH4+].[NH4+].[NH4+].[NH4+].[NH4+].[O-][Si]([O-])([O-])[O-]. The van der Waals surface area contributed by atoms with Gasteiger partial charge in [-0.15, -0.1) is 19.8 Å². The Morgan fingerprint density at radius 1 is 0.476 bits per heavy atom. The number of quaternary nitrogens is 7. The second-order valence-corrected chi connectivity index (χ2v) is 2.37. The monoisotopic (exact) mass is 353 g/mol. The van der Waals surface area contributed by atoms with Crippen LogP contribution in [0.5, 0.6) is 0 Å². The fourth-order valence-corrected chi connectivity index (χ4v) is 0. The molecule has 0 saturated heterocycles. The van der Waals surface area contributed by atoms with E-state index in [-0.39, 0.29) is 62.9 Å². The van der Waals surface area contributed by atoms with Gasteiger partial charge >= 0.3 is 0 Å². The maximum Gasteiger partial charge on any atom is -0.0809 e. The molecule has 0 spiro atoms. The van der Waals surface area contributed by atoms with E-state index in [2.05, 4.69) is 0 Å². The van der Waals surface area contributed by atoms with Crippen molar-refractivity contribution in [1.29, 1.82) is 0 Å². The lowest BCUT2D eigenvalue weighted by atomic mass is 10.9. The molecule has 0 aromatic heterocycles. The molecule has 0 fully saturated rings. The third-order valence-electron chi connectivity index (χ3n) is 0. The minimum absolute atomic E-state index is 0. The van der Waals surface area contributed by atoms with Gasteiger partial charge in [0.15, 0.2) is 0 Å². The highest BCUT2D eigenvalue weighted by Gasteiger charge is 1.36. The first kappa shape index (κ1) is 85.6. The van der Waals surface area contributed by atoms with Crippen LogP contribution in [-0.2, 0) is 0 Å². The van der Waals surface area contributed by atoms with E-state index in [4.69, 9.17) is 34.5 Å². The number of hydrogen-bond acceptors (Lipinski definition) is 7. The van der Waals surface area contributed by atoms with E-state index in [0.717, 1.165) is 0 Å². The van der Waals surface area contributed by atoms with Crippen molar-refractivity contribution >= 4 is 9.05 Å². The predicted molar refractivity (Wildman–Crippen MR) is 79.3 cm³/mol. The molecule has 0 saturated carbocycles. The molecule has 15 heteroatoms. The fraction of sp³-hybridized carbons (Fsp3) is 1.00. The smallest absolute Gasteiger partial charge is 0.0809 e. The van der Waals surface area contributed by atoms with Crippen molar-refractivity contribution in [1.82, 2.24) is 43.1 Å². The van der Waals surface area contributed by atoms with Gasteiger partial charge in [0.05, 0.1) is 0 Å². The van der Waals surface area contributed by atoms with Crippen LogP contribution in [0.3, 0.4) is 0 Å². The van der Waals surface area contributed by atoms with Crippen molar-refractivity contribution in [2.24, 2.45) is 0 Å². The third-order valence-corrected chi connectivity index (χ3v) is 0. The van der Waals surface area contributed by atoms with Gasteiger partial charge in [0.1, 0.15) is 0 Å². The first-order valence-corrected chi connectivity index (χ1v) is 5.44. The number of hydrogen-bond donors (Lipinski definition) is 7. The molecule has 0 atom stereocenters. The lowest BCUT2D eigenvalue weighted by molar-refractivity contribution is -0.624. The van der Waals surface area contributed by atoms with E-state index in [1.807, 2.05) is 0 Å². The van der Waals surface area contributed by atoms with E-state index < -0.39 is 9.05 Å². The zero-order chi connectivity index (χ0) is 12.6. The second-order valence-electron chi connectivity index (χ2n) is 1.37. The van der Waals surface area contributed by atoms with Gasteiger partial charge in [0.25, 0.3) is 0 Å². The molecule has 0 aliphatic rings. The molecule has 0 bridgehead atoms. The molecule has 14 nitrogen and oxygen atoms in total. The topological polar surface area (TPSA) is 417 Å². The van der Waals surface area contributed by atoms with Crippen LogP contribution in [0.2, 0.25) is 0 Å². The van der Waals surface area contributed by atoms with Crippen LogP contribution in [0.4, 0.5) is 0 Å². The molecular weight excluding hydrogens is 310 g/mol. The summed E-state index contributed by atoms with van der Waals surface area (Å²) in [5.41, 5.74) is 0. The largest absolute Gasteiger partial charge is 0.894 e. The van der Waals surface area contributed by atoms with Crippen LogP contribution < -0.4 is 77.6 Å². The molecule has 148 valence electrons. The molecule has 0 heterocycles. The van der Waals surface area contributed by atoms with Crippen molar-refractivity contribution in [2.45, 2.75) is 20.8 Å². The zero-order valence-electron chi connectivity index (χ0n) is 15.5. The third kappa shape index (κ3) is 52100. The summed E-state index contributed by atoms with van der Waals surface area (Å²) in [4.78, 5) is 34.3. The molecule has 0 unspecified atom stereocenters. The normalized spacial score (nSPS) is 5.43. The van der Waals surface area contributed by atoms with Crippen LogP contribution in [0.25, 0.3) is 0 Å². The molecule has 0 aromatic rings. The molecular formula is C6H43N7O7Si. The van der Waals surface area contributed by atoms with E-state index >= 15 is 0 Å². The van der Waals surface area contributed by atoms with Gasteiger partial charge in [-0.2, -0.15) is 0 Å². The van der Waals surface area contributed by atoms with Crippen LogP contribution in [-0.4, -0.2) is 28.9 Å². The van der Waals surface area contributed by atoms with Gasteiger partial charge in [-0.05, 0) is 0 Å². The van der Waals surface area contributed by atoms with Crippen molar-refractivity contribution in [3.8, 4) is 0 Å². The van der Waals surface area contributed by atoms with Crippen molar-refractivity contribution in [3.05, 3.63) is 0 Å². The maximum absolute atomic E-state index is 8.93.